The first kappa shape index (κ1) is 11.9. The first-order chi connectivity index (χ1) is 5.81. The summed E-state index contributed by atoms with van der Waals surface area (Å²) >= 11 is 0. The molecule has 1 unspecified atom stereocenters. The molecule has 2 nitrogen and oxygen atoms in total. The van der Waals surface area contributed by atoms with Gasteiger partial charge < -0.3 is 9.47 Å². The molecular weight excluding hydrogens is 152 g/mol. The van der Waals surface area contributed by atoms with Crippen LogP contribution in [0.5, 0.6) is 0 Å². The van der Waals surface area contributed by atoms with Gasteiger partial charge in [0.25, 0.3) is 0 Å². The maximum absolute atomic E-state index is 5.46. The van der Waals surface area contributed by atoms with Crippen LogP contribution in [0.4, 0.5) is 0 Å². The molecule has 0 saturated heterocycles. The molecule has 0 bridgehead atoms. The van der Waals surface area contributed by atoms with Crippen molar-refractivity contribution < 1.29 is 9.47 Å². The molecule has 0 N–H and O–H groups in total. The van der Waals surface area contributed by atoms with E-state index in [9.17, 15) is 0 Å². The van der Waals surface area contributed by atoms with Crippen LogP contribution in [0.15, 0.2) is 0 Å². The molecule has 1 radical (unpaired) electrons. The molecule has 0 aliphatic carbocycles. The summed E-state index contributed by atoms with van der Waals surface area (Å²) in [4.78, 5) is 0. The Bertz CT molecular complexity index is 73.9. The summed E-state index contributed by atoms with van der Waals surface area (Å²) in [6.45, 7) is 10.2. The van der Waals surface area contributed by atoms with Crippen LogP contribution in [0.3, 0.4) is 0 Å². The average molecular weight is 173 g/mol. The van der Waals surface area contributed by atoms with E-state index in [1.807, 2.05) is 6.92 Å². The third-order valence-electron chi connectivity index (χ3n) is 1.50. The van der Waals surface area contributed by atoms with Crippen molar-refractivity contribution in [3.05, 3.63) is 6.92 Å². The molecule has 73 valence electrons. The van der Waals surface area contributed by atoms with Crippen molar-refractivity contribution >= 4 is 0 Å². The lowest BCUT2D eigenvalue weighted by atomic mass is 10.3. The second kappa shape index (κ2) is 9.01. The van der Waals surface area contributed by atoms with Crippen LogP contribution in [0.2, 0.25) is 0 Å². The molecule has 0 aromatic carbocycles. The molecule has 0 aliphatic heterocycles. The van der Waals surface area contributed by atoms with E-state index in [2.05, 4.69) is 13.8 Å². The molecule has 1 atom stereocenters. The molecule has 0 rings (SSSR count). The van der Waals surface area contributed by atoms with Gasteiger partial charge in [-0.3, -0.25) is 0 Å². The molecule has 0 heterocycles. The van der Waals surface area contributed by atoms with E-state index in [-0.39, 0.29) is 6.10 Å². The number of unbranched alkanes of at least 4 members (excludes halogenated alkanes) is 1. The van der Waals surface area contributed by atoms with Crippen LogP contribution in [0.1, 0.15) is 33.1 Å². The van der Waals surface area contributed by atoms with E-state index < -0.39 is 0 Å². The zero-order chi connectivity index (χ0) is 9.23. The number of ether oxygens (including phenoxy) is 2. The Morgan fingerprint density at radius 3 is 2.67 bits per heavy atom. The van der Waals surface area contributed by atoms with Crippen molar-refractivity contribution in [1.82, 2.24) is 0 Å². The van der Waals surface area contributed by atoms with Crippen molar-refractivity contribution in [2.75, 3.05) is 19.8 Å². The Morgan fingerprint density at radius 1 is 1.33 bits per heavy atom. The fraction of sp³-hybridized carbons (Fsp3) is 0.900. The zero-order valence-corrected chi connectivity index (χ0v) is 8.34. The Kier molecular flexibility index (Phi) is 8.95. The van der Waals surface area contributed by atoms with Gasteiger partial charge in [0, 0.05) is 13.2 Å². The molecule has 0 aliphatic rings. The minimum absolute atomic E-state index is 0.225. The second-order valence-electron chi connectivity index (χ2n) is 2.96. The third-order valence-corrected chi connectivity index (χ3v) is 1.50. The first-order valence-corrected chi connectivity index (χ1v) is 4.79. The van der Waals surface area contributed by atoms with Crippen LogP contribution in [-0.2, 0) is 9.47 Å². The second-order valence-corrected chi connectivity index (χ2v) is 2.96. The van der Waals surface area contributed by atoms with Crippen LogP contribution < -0.4 is 0 Å². The molecule has 0 aromatic heterocycles. The Morgan fingerprint density at radius 2 is 2.08 bits per heavy atom. The van der Waals surface area contributed by atoms with Crippen LogP contribution >= 0.6 is 0 Å². The zero-order valence-electron chi connectivity index (χ0n) is 8.34. The van der Waals surface area contributed by atoms with E-state index in [1.54, 1.807) is 0 Å². The summed E-state index contributed by atoms with van der Waals surface area (Å²) in [7, 11) is 0. The van der Waals surface area contributed by atoms with E-state index in [1.165, 1.54) is 0 Å². The third kappa shape index (κ3) is 8.02. The summed E-state index contributed by atoms with van der Waals surface area (Å²) in [5.41, 5.74) is 0. The average Bonchev–Trinajstić information content (AvgIpc) is 2.06. The fourth-order valence-electron chi connectivity index (χ4n) is 0.828. The van der Waals surface area contributed by atoms with Gasteiger partial charge in [-0.05, 0) is 19.8 Å². The Labute approximate surface area is 76.3 Å². The number of rotatable bonds is 8. The topological polar surface area (TPSA) is 18.5 Å². The van der Waals surface area contributed by atoms with Crippen molar-refractivity contribution in [3.63, 3.8) is 0 Å². The van der Waals surface area contributed by atoms with E-state index >= 15 is 0 Å². The molecular formula is C10H21O2. The fourth-order valence-corrected chi connectivity index (χ4v) is 0.828. The smallest absolute Gasteiger partial charge is 0.0780 e. The lowest BCUT2D eigenvalue weighted by Gasteiger charge is -2.12. The van der Waals surface area contributed by atoms with Crippen molar-refractivity contribution in [2.45, 2.75) is 39.2 Å². The lowest BCUT2D eigenvalue weighted by Crippen LogP contribution is -2.16. The normalized spacial score (nSPS) is 13.2. The minimum Gasteiger partial charge on any atom is -0.379 e. The summed E-state index contributed by atoms with van der Waals surface area (Å²) in [5.74, 6) is 0. The molecule has 0 spiro atoms. The number of hydrogen-bond acceptors (Lipinski definition) is 2. The summed E-state index contributed by atoms with van der Waals surface area (Å²) in [6.07, 6.45) is 3.29. The van der Waals surface area contributed by atoms with Gasteiger partial charge in [0.2, 0.25) is 0 Å². The van der Waals surface area contributed by atoms with Gasteiger partial charge in [-0.1, -0.05) is 20.3 Å². The van der Waals surface area contributed by atoms with Crippen LogP contribution in [0.25, 0.3) is 0 Å². The van der Waals surface area contributed by atoms with Crippen molar-refractivity contribution in [2.24, 2.45) is 0 Å². The maximum Gasteiger partial charge on any atom is 0.0780 e. The van der Waals surface area contributed by atoms with Gasteiger partial charge in [-0.2, -0.15) is 0 Å². The first-order valence-electron chi connectivity index (χ1n) is 4.79. The van der Waals surface area contributed by atoms with Gasteiger partial charge in [0.05, 0.1) is 12.7 Å². The van der Waals surface area contributed by atoms with Crippen molar-refractivity contribution in [3.8, 4) is 0 Å². The number of hydrogen-bond donors (Lipinski definition) is 0. The largest absolute Gasteiger partial charge is 0.379 e. The highest BCUT2D eigenvalue weighted by molar-refractivity contribution is 4.48. The SMILES string of the molecule is [CH2]CCCOC(C)COCCC. The van der Waals surface area contributed by atoms with Gasteiger partial charge >= 0.3 is 0 Å². The minimum atomic E-state index is 0.225. The van der Waals surface area contributed by atoms with Crippen LogP contribution in [-0.4, -0.2) is 25.9 Å². The monoisotopic (exact) mass is 173 g/mol. The molecule has 0 amide bonds. The maximum atomic E-state index is 5.46. The van der Waals surface area contributed by atoms with Gasteiger partial charge in [-0.25, -0.2) is 0 Å². The highest BCUT2D eigenvalue weighted by Crippen LogP contribution is 1.95. The summed E-state index contributed by atoms with van der Waals surface area (Å²) < 4.78 is 10.8. The lowest BCUT2D eigenvalue weighted by molar-refractivity contribution is -0.00698. The van der Waals surface area contributed by atoms with Crippen LogP contribution in [0, 0.1) is 6.92 Å². The Hall–Kier alpha value is -0.0800. The Balaban J connectivity index is 3.04. The van der Waals surface area contributed by atoms with E-state index in [4.69, 9.17) is 9.47 Å². The summed E-state index contributed by atoms with van der Waals surface area (Å²) in [5, 5.41) is 0. The highest BCUT2D eigenvalue weighted by atomic mass is 16.5. The van der Waals surface area contributed by atoms with Crippen molar-refractivity contribution in [1.29, 1.82) is 0 Å². The quantitative estimate of drug-likeness (QED) is 0.525. The predicted molar refractivity (Wildman–Crippen MR) is 51.1 cm³/mol. The van der Waals surface area contributed by atoms with Gasteiger partial charge in [0.1, 0.15) is 0 Å². The molecule has 2 heteroatoms. The van der Waals surface area contributed by atoms with Gasteiger partial charge in [0.15, 0.2) is 0 Å². The summed E-state index contributed by atoms with van der Waals surface area (Å²) in [6, 6.07) is 0. The molecule has 0 fully saturated rings. The molecule has 0 aromatic rings. The predicted octanol–water partition coefficient (Wildman–Crippen LogP) is 2.43. The standard InChI is InChI=1S/C10H21O2/c1-4-6-8-12-10(3)9-11-7-5-2/h10H,1,4-9H2,2-3H3. The molecule has 12 heavy (non-hydrogen) atoms. The van der Waals surface area contributed by atoms with Gasteiger partial charge in [-0.15, -0.1) is 0 Å². The highest BCUT2D eigenvalue weighted by Gasteiger charge is 2.00. The van der Waals surface area contributed by atoms with E-state index in [0.29, 0.717) is 6.61 Å². The van der Waals surface area contributed by atoms with E-state index in [0.717, 1.165) is 32.5 Å². The molecule has 0 saturated carbocycles.